The molecule has 0 amide bonds. The van der Waals surface area contributed by atoms with Crippen LogP contribution in [0.15, 0.2) is 35.4 Å². The Balaban J connectivity index is 1.88. The first-order chi connectivity index (χ1) is 13.3. The molecule has 0 spiro atoms. The molecule has 4 nitrogen and oxygen atoms in total. The average Bonchev–Trinajstić information content (AvgIpc) is 3.01. The van der Waals surface area contributed by atoms with Crippen molar-refractivity contribution in [1.29, 1.82) is 0 Å². The van der Waals surface area contributed by atoms with Gasteiger partial charge in [0, 0.05) is 11.1 Å². The average molecular weight is 446 g/mol. The lowest BCUT2D eigenvalue weighted by Crippen LogP contribution is -2.52. The van der Waals surface area contributed by atoms with E-state index in [1.807, 2.05) is 20.8 Å². The first-order valence-electron chi connectivity index (χ1n) is 9.18. The smallest absolute Gasteiger partial charge is 0.297 e. The molecule has 9 heteroatoms. The second-order valence-corrected chi connectivity index (χ2v) is 11.7. The fourth-order valence-corrected chi connectivity index (χ4v) is 6.40. The van der Waals surface area contributed by atoms with Crippen molar-refractivity contribution in [2.75, 3.05) is 0 Å². The third-order valence-electron chi connectivity index (χ3n) is 5.28. The van der Waals surface area contributed by atoms with Crippen molar-refractivity contribution < 1.29 is 26.4 Å². The molecule has 1 aliphatic rings. The van der Waals surface area contributed by atoms with E-state index in [1.165, 1.54) is 11.3 Å². The molecule has 0 bridgehead atoms. The van der Waals surface area contributed by atoms with Crippen LogP contribution in [0.5, 0.6) is 0 Å². The Bertz CT molecular complexity index is 1010. The minimum absolute atomic E-state index is 0.0966. The van der Waals surface area contributed by atoms with Crippen LogP contribution in [0.1, 0.15) is 55.5 Å². The predicted octanol–water partition coefficient (Wildman–Crippen LogP) is 4.97. The van der Waals surface area contributed by atoms with Crippen molar-refractivity contribution in [3.8, 4) is 0 Å². The summed E-state index contributed by atoms with van der Waals surface area (Å²) in [6, 6.07) is 3.35. The molecule has 1 aliphatic carbocycles. The number of halogens is 3. The zero-order valence-corrected chi connectivity index (χ0v) is 18.0. The Morgan fingerprint density at radius 1 is 1.14 bits per heavy atom. The molecule has 29 heavy (non-hydrogen) atoms. The van der Waals surface area contributed by atoms with Crippen LogP contribution in [0.25, 0.3) is 0 Å². The Hall–Kier alpha value is -1.74. The van der Waals surface area contributed by atoms with Gasteiger partial charge in [-0.3, -0.25) is 4.79 Å². The van der Waals surface area contributed by atoms with Gasteiger partial charge in [0.15, 0.2) is 15.6 Å². The number of thiazole rings is 1. The van der Waals surface area contributed by atoms with Crippen molar-refractivity contribution in [1.82, 2.24) is 4.98 Å². The molecule has 1 heterocycles. The number of carbonyl (C=O) groups excluding carboxylic acids is 1. The lowest BCUT2D eigenvalue weighted by molar-refractivity contribution is -0.137. The fourth-order valence-electron chi connectivity index (χ4n) is 3.28. The molecular formula is C20H22F3NO3S2. The van der Waals surface area contributed by atoms with Gasteiger partial charge in [0.2, 0.25) is 0 Å². The number of carbonyl (C=O) groups is 1. The number of rotatable bonds is 5. The van der Waals surface area contributed by atoms with E-state index in [2.05, 4.69) is 4.98 Å². The van der Waals surface area contributed by atoms with Crippen molar-refractivity contribution in [3.05, 3.63) is 45.9 Å². The van der Waals surface area contributed by atoms with Gasteiger partial charge in [0.1, 0.15) is 9.75 Å². The molecule has 0 radical (unpaired) electrons. The Kier molecular flexibility index (Phi) is 5.45. The number of alkyl halides is 3. The van der Waals surface area contributed by atoms with Crippen molar-refractivity contribution in [2.45, 2.75) is 67.7 Å². The summed E-state index contributed by atoms with van der Waals surface area (Å²) in [5.74, 6) is -0.446. The minimum Gasteiger partial charge on any atom is -0.297 e. The van der Waals surface area contributed by atoms with Gasteiger partial charge in [-0.25, -0.2) is 13.4 Å². The van der Waals surface area contributed by atoms with Gasteiger partial charge in [0.25, 0.3) is 0 Å². The number of hydrogen-bond acceptors (Lipinski definition) is 5. The van der Waals surface area contributed by atoms with E-state index in [0.29, 0.717) is 11.4 Å². The number of ketones is 1. The molecule has 1 aromatic heterocycles. The van der Waals surface area contributed by atoms with Gasteiger partial charge in [-0.2, -0.15) is 13.2 Å². The molecule has 1 aromatic carbocycles. The van der Waals surface area contributed by atoms with Crippen LogP contribution in [-0.4, -0.2) is 23.9 Å². The standard InChI is InChI=1S/C20H22F3NO3S2/c1-18(2,3)16-12-24-17(28-16)11-15(25)19(9-4-10-19)29(26,27)14-7-5-13(6-8-14)20(21,22)23/h5-8,12H,4,9-11H2,1-3H3. The zero-order valence-electron chi connectivity index (χ0n) is 16.3. The van der Waals surface area contributed by atoms with Crippen LogP contribution in [-0.2, 0) is 32.6 Å². The lowest BCUT2D eigenvalue weighted by Gasteiger charge is -2.39. The van der Waals surface area contributed by atoms with E-state index >= 15 is 0 Å². The zero-order chi connectivity index (χ0) is 21.7. The summed E-state index contributed by atoms with van der Waals surface area (Å²) in [5.41, 5.74) is -1.05. The first kappa shape index (κ1) is 22.0. The maximum absolute atomic E-state index is 13.2. The molecule has 0 N–H and O–H groups in total. The van der Waals surface area contributed by atoms with Crippen LogP contribution in [0.2, 0.25) is 0 Å². The molecule has 1 saturated carbocycles. The van der Waals surface area contributed by atoms with Crippen LogP contribution >= 0.6 is 11.3 Å². The summed E-state index contributed by atoms with van der Waals surface area (Å²) in [6.07, 6.45) is -2.02. The number of sulfone groups is 1. The molecule has 1 fully saturated rings. The van der Waals surface area contributed by atoms with E-state index in [0.717, 1.165) is 29.1 Å². The van der Waals surface area contributed by atoms with E-state index in [4.69, 9.17) is 0 Å². The van der Waals surface area contributed by atoms with Gasteiger partial charge < -0.3 is 0 Å². The maximum Gasteiger partial charge on any atom is 0.416 e. The van der Waals surface area contributed by atoms with Gasteiger partial charge in [0.05, 0.1) is 16.9 Å². The van der Waals surface area contributed by atoms with E-state index in [9.17, 15) is 26.4 Å². The van der Waals surface area contributed by atoms with Gasteiger partial charge >= 0.3 is 6.18 Å². The van der Waals surface area contributed by atoms with Crippen molar-refractivity contribution >= 4 is 27.0 Å². The SMILES string of the molecule is CC(C)(C)c1cnc(CC(=O)C2(S(=O)(=O)c3ccc(C(F)(F)F)cc3)CCC2)s1. The largest absolute Gasteiger partial charge is 0.416 e. The summed E-state index contributed by atoms with van der Waals surface area (Å²) in [7, 11) is -4.11. The molecule has 0 aliphatic heterocycles. The highest BCUT2D eigenvalue weighted by molar-refractivity contribution is 7.93. The normalized spacial score (nSPS) is 17.0. The Labute approximate surface area is 172 Å². The highest BCUT2D eigenvalue weighted by atomic mass is 32.2. The summed E-state index contributed by atoms with van der Waals surface area (Å²) in [4.78, 5) is 18.0. The maximum atomic E-state index is 13.2. The summed E-state index contributed by atoms with van der Waals surface area (Å²) in [6.45, 7) is 6.07. The molecule has 0 saturated heterocycles. The van der Waals surface area contributed by atoms with E-state index in [1.54, 1.807) is 6.20 Å². The summed E-state index contributed by atoms with van der Waals surface area (Å²) < 4.78 is 63.1. The number of hydrogen-bond donors (Lipinski definition) is 0. The second-order valence-electron chi connectivity index (χ2n) is 8.34. The molecule has 0 unspecified atom stereocenters. The third kappa shape index (κ3) is 3.99. The van der Waals surface area contributed by atoms with E-state index in [-0.39, 0.29) is 29.6 Å². The first-order valence-corrected chi connectivity index (χ1v) is 11.5. The van der Waals surface area contributed by atoms with Crippen molar-refractivity contribution in [2.24, 2.45) is 0 Å². The van der Waals surface area contributed by atoms with Gasteiger partial charge in [-0.1, -0.05) is 20.8 Å². The van der Waals surface area contributed by atoms with Crippen LogP contribution in [0, 0.1) is 0 Å². The lowest BCUT2D eigenvalue weighted by atomic mass is 9.80. The molecular weight excluding hydrogens is 423 g/mol. The topological polar surface area (TPSA) is 64.1 Å². The van der Waals surface area contributed by atoms with Crippen LogP contribution in [0.4, 0.5) is 13.2 Å². The number of aromatic nitrogens is 1. The third-order valence-corrected chi connectivity index (χ3v) is 9.26. The molecule has 158 valence electrons. The number of benzene rings is 1. The Morgan fingerprint density at radius 2 is 1.72 bits per heavy atom. The van der Waals surface area contributed by atoms with Gasteiger partial charge in [-0.05, 0) is 48.9 Å². The van der Waals surface area contributed by atoms with Gasteiger partial charge in [-0.15, -0.1) is 11.3 Å². The summed E-state index contributed by atoms with van der Waals surface area (Å²) >= 11 is 1.38. The predicted molar refractivity (Wildman–Crippen MR) is 105 cm³/mol. The summed E-state index contributed by atoms with van der Waals surface area (Å²) in [5, 5.41) is 0.550. The second kappa shape index (κ2) is 7.19. The monoisotopic (exact) mass is 445 g/mol. The van der Waals surface area contributed by atoms with Crippen LogP contribution < -0.4 is 0 Å². The fraction of sp³-hybridized carbons (Fsp3) is 0.500. The number of Topliss-reactive ketones (excluding diaryl/α,β-unsaturated/α-hetero) is 1. The quantitative estimate of drug-likeness (QED) is 0.652. The minimum atomic E-state index is -4.55. The van der Waals surface area contributed by atoms with Crippen LogP contribution in [0.3, 0.4) is 0 Å². The molecule has 0 atom stereocenters. The highest BCUT2D eigenvalue weighted by Crippen LogP contribution is 2.45. The molecule has 2 aromatic rings. The number of nitrogens with zero attached hydrogens (tertiary/aromatic N) is 1. The van der Waals surface area contributed by atoms with E-state index < -0.39 is 32.1 Å². The molecule has 3 rings (SSSR count). The van der Waals surface area contributed by atoms with Crippen molar-refractivity contribution in [3.63, 3.8) is 0 Å². The highest BCUT2D eigenvalue weighted by Gasteiger charge is 2.55. The Morgan fingerprint density at radius 3 is 2.14 bits per heavy atom.